The van der Waals surface area contributed by atoms with Crippen LogP contribution in [0.1, 0.15) is 58.6 Å². The first-order valence-electron chi connectivity index (χ1n) is 9.67. The Bertz CT molecular complexity index is 523. The van der Waals surface area contributed by atoms with E-state index < -0.39 is 0 Å². The summed E-state index contributed by atoms with van der Waals surface area (Å²) in [7, 11) is 0. The van der Waals surface area contributed by atoms with E-state index in [-0.39, 0.29) is 17.5 Å². The summed E-state index contributed by atoms with van der Waals surface area (Å²) in [4.78, 5) is 12.3. The van der Waals surface area contributed by atoms with Crippen molar-refractivity contribution < 1.29 is 4.79 Å². The van der Waals surface area contributed by atoms with Crippen molar-refractivity contribution in [3.8, 4) is 0 Å². The van der Waals surface area contributed by atoms with Crippen molar-refractivity contribution in [2.75, 3.05) is 19.6 Å². The predicted octanol–water partition coefficient (Wildman–Crippen LogP) is 3.26. The van der Waals surface area contributed by atoms with Crippen molar-refractivity contribution in [2.24, 2.45) is 11.8 Å². The number of amides is 1. The molecule has 0 saturated carbocycles. The fourth-order valence-electron chi connectivity index (χ4n) is 3.68. The monoisotopic (exact) mass is 345 g/mol. The second-order valence-electron chi connectivity index (χ2n) is 8.23. The number of piperidine rings is 1. The van der Waals surface area contributed by atoms with E-state index in [1.54, 1.807) is 0 Å². The van der Waals surface area contributed by atoms with Crippen molar-refractivity contribution in [1.29, 1.82) is 0 Å². The molecule has 1 aliphatic heterocycles. The van der Waals surface area contributed by atoms with E-state index in [9.17, 15) is 4.79 Å². The molecule has 25 heavy (non-hydrogen) atoms. The molecule has 0 radical (unpaired) electrons. The second-order valence-corrected chi connectivity index (χ2v) is 8.23. The summed E-state index contributed by atoms with van der Waals surface area (Å²) in [5.41, 5.74) is 1.11. The molecule has 4 heteroatoms. The van der Waals surface area contributed by atoms with Crippen molar-refractivity contribution in [1.82, 2.24) is 16.0 Å². The zero-order valence-corrected chi connectivity index (χ0v) is 16.3. The lowest BCUT2D eigenvalue weighted by Crippen LogP contribution is -2.50. The van der Waals surface area contributed by atoms with E-state index in [1.165, 1.54) is 18.4 Å². The molecule has 0 aliphatic carbocycles. The summed E-state index contributed by atoms with van der Waals surface area (Å²) < 4.78 is 0. The third-order valence-corrected chi connectivity index (χ3v) is 5.28. The number of rotatable bonds is 8. The largest absolute Gasteiger partial charge is 0.354 e. The van der Waals surface area contributed by atoms with E-state index >= 15 is 0 Å². The quantitative estimate of drug-likeness (QED) is 0.678. The average molecular weight is 346 g/mol. The molecule has 140 valence electrons. The summed E-state index contributed by atoms with van der Waals surface area (Å²) >= 11 is 0. The van der Waals surface area contributed by atoms with Crippen molar-refractivity contribution in [2.45, 2.75) is 58.5 Å². The van der Waals surface area contributed by atoms with Gasteiger partial charge in [-0.05, 0) is 64.1 Å². The highest BCUT2D eigenvalue weighted by molar-refractivity contribution is 5.76. The Balaban J connectivity index is 1.75. The van der Waals surface area contributed by atoms with Gasteiger partial charge in [0.15, 0.2) is 0 Å². The van der Waals surface area contributed by atoms with E-state index in [1.807, 2.05) is 6.07 Å². The minimum atomic E-state index is -0.152. The fraction of sp³-hybridized carbons (Fsp3) is 0.667. The second kappa shape index (κ2) is 9.35. The van der Waals surface area contributed by atoms with Gasteiger partial charge >= 0.3 is 0 Å². The minimum Gasteiger partial charge on any atom is -0.354 e. The molecule has 4 nitrogen and oxygen atoms in total. The molecule has 3 unspecified atom stereocenters. The third-order valence-electron chi connectivity index (χ3n) is 5.28. The van der Waals surface area contributed by atoms with Gasteiger partial charge in [-0.15, -0.1) is 0 Å². The topological polar surface area (TPSA) is 53.2 Å². The SMILES string of the molecule is CC(NC(C)(C)CNC(=O)CC(C)C1CCCNC1)c1ccccc1. The van der Waals surface area contributed by atoms with Crippen LogP contribution in [0.25, 0.3) is 0 Å². The smallest absolute Gasteiger partial charge is 0.220 e. The van der Waals surface area contributed by atoms with Gasteiger partial charge in [0.2, 0.25) is 5.91 Å². The van der Waals surface area contributed by atoms with Gasteiger partial charge in [0.1, 0.15) is 0 Å². The molecular formula is C21H35N3O. The highest BCUT2D eigenvalue weighted by Gasteiger charge is 2.24. The molecule has 0 bridgehead atoms. The van der Waals surface area contributed by atoms with E-state index in [4.69, 9.17) is 0 Å². The zero-order valence-electron chi connectivity index (χ0n) is 16.3. The van der Waals surface area contributed by atoms with E-state index in [0.717, 1.165) is 13.1 Å². The van der Waals surface area contributed by atoms with Gasteiger partial charge in [-0.3, -0.25) is 4.79 Å². The molecule has 1 heterocycles. The van der Waals surface area contributed by atoms with Crippen LogP contribution < -0.4 is 16.0 Å². The van der Waals surface area contributed by atoms with Gasteiger partial charge in [0.25, 0.3) is 0 Å². The predicted molar refractivity (Wildman–Crippen MR) is 104 cm³/mol. The Morgan fingerprint density at radius 1 is 1.28 bits per heavy atom. The first kappa shape index (κ1) is 19.9. The Morgan fingerprint density at radius 3 is 2.64 bits per heavy atom. The molecule has 3 atom stereocenters. The molecule has 1 amide bonds. The summed E-state index contributed by atoms with van der Waals surface area (Å²) in [6.07, 6.45) is 3.09. The number of hydrogen-bond donors (Lipinski definition) is 3. The lowest BCUT2D eigenvalue weighted by Gasteiger charge is -2.31. The van der Waals surface area contributed by atoms with Gasteiger partial charge in [-0.2, -0.15) is 0 Å². The molecule has 0 aromatic heterocycles. The van der Waals surface area contributed by atoms with Crippen LogP contribution in [0, 0.1) is 11.8 Å². The number of nitrogens with one attached hydrogen (secondary N) is 3. The van der Waals surface area contributed by atoms with Crippen molar-refractivity contribution in [3.63, 3.8) is 0 Å². The van der Waals surface area contributed by atoms with Crippen LogP contribution in [-0.4, -0.2) is 31.1 Å². The number of carbonyl (C=O) groups is 1. The first-order valence-corrected chi connectivity index (χ1v) is 9.67. The fourth-order valence-corrected chi connectivity index (χ4v) is 3.68. The van der Waals surface area contributed by atoms with Crippen LogP contribution in [0.15, 0.2) is 30.3 Å². The molecule has 1 aliphatic rings. The van der Waals surface area contributed by atoms with Crippen LogP contribution in [-0.2, 0) is 4.79 Å². The zero-order chi connectivity index (χ0) is 18.3. The minimum absolute atomic E-state index is 0.152. The molecule has 1 saturated heterocycles. The standard InChI is InChI=1S/C21H35N3O/c1-16(19-11-8-12-22-14-19)13-20(25)23-15-21(3,4)24-17(2)18-9-6-5-7-10-18/h5-7,9-10,16-17,19,22,24H,8,11-15H2,1-4H3,(H,23,25). The molecule has 1 aromatic rings. The van der Waals surface area contributed by atoms with Crippen LogP contribution >= 0.6 is 0 Å². The Morgan fingerprint density at radius 2 is 2.00 bits per heavy atom. The Hall–Kier alpha value is -1.39. The highest BCUT2D eigenvalue weighted by atomic mass is 16.1. The summed E-state index contributed by atoms with van der Waals surface area (Å²) in [6, 6.07) is 10.7. The van der Waals surface area contributed by atoms with Crippen molar-refractivity contribution >= 4 is 5.91 Å². The molecule has 1 aromatic carbocycles. The number of hydrogen-bond acceptors (Lipinski definition) is 3. The van der Waals surface area contributed by atoms with Gasteiger partial charge in [-0.25, -0.2) is 0 Å². The first-order chi connectivity index (χ1) is 11.9. The van der Waals surface area contributed by atoms with E-state index in [2.05, 4.69) is 67.9 Å². The maximum atomic E-state index is 12.3. The van der Waals surface area contributed by atoms with Gasteiger partial charge in [0, 0.05) is 24.5 Å². The Kier molecular flexibility index (Phi) is 7.45. The van der Waals surface area contributed by atoms with Crippen LogP contribution in [0.5, 0.6) is 0 Å². The molecule has 0 spiro atoms. The van der Waals surface area contributed by atoms with Crippen molar-refractivity contribution in [3.05, 3.63) is 35.9 Å². The van der Waals surface area contributed by atoms with Crippen LogP contribution in [0.2, 0.25) is 0 Å². The molecule has 1 fully saturated rings. The lowest BCUT2D eigenvalue weighted by molar-refractivity contribution is -0.122. The van der Waals surface area contributed by atoms with Gasteiger partial charge in [0.05, 0.1) is 0 Å². The summed E-state index contributed by atoms with van der Waals surface area (Å²) in [5.74, 6) is 1.23. The highest BCUT2D eigenvalue weighted by Crippen LogP contribution is 2.22. The van der Waals surface area contributed by atoms with Gasteiger partial charge in [-0.1, -0.05) is 37.3 Å². The third kappa shape index (κ3) is 6.79. The number of benzene rings is 1. The molecular weight excluding hydrogens is 310 g/mol. The maximum Gasteiger partial charge on any atom is 0.220 e. The average Bonchev–Trinajstić information content (AvgIpc) is 2.61. The van der Waals surface area contributed by atoms with Gasteiger partial charge < -0.3 is 16.0 Å². The summed E-state index contributed by atoms with van der Waals surface area (Å²) in [5, 5.41) is 10.2. The van der Waals surface area contributed by atoms with Crippen LogP contribution in [0.3, 0.4) is 0 Å². The maximum absolute atomic E-state index is 12.3. The Labute approximate surface area is 153 Å². The lowest BCUT2D eigenvalue weighted by atomic mass is 9.85. The molecule has 3 N–H and O–H groups in total. The molecule has 2 rings (SSSR count). The normalized spacial score (nSPS) is 20.7. The number of carbonyl (C=O) groups excluding carboxylic acids is 1. The van der Waals surface area contributed by atoms with E-state index in [0.29, 0.717) is 24.8 Å². The summed E-state index contributed by atoms with van der Waals surface area (Å²) in [6.45, 7) is 11.5. The van der Waals surface area contributed by atoms with Crippen LogP contribution in [0.4, 0.5) is 0 Å².